The number of thiazole rings is 1. The Morgan fingerprint density at radius 2 is 2.17 bits per heavy atom. The van der Waals surface area contributed by atoms with Gasteiger partial charge in [-0.25, -0.2) is 0 Å². The van der Waals surface area contributed by atoms with Gasteiger partial charge < -0.3 is 15.4 Å². The van der Waals surface area contributed by atoms with Gasteiger partial charge in [0.2, 0.25) is 5.91 Å². The van der Waals surface area contributed by atoms with Gasteiger partial charge in [0.15, 0.2) is 0 Å². The van der Waals surface area contributed by atoms with Gasteiger partial charge in [-0.2, -0.15) is 0 Å². The van der Waals surface area contributed by atoms with Gasteiger partial charge >= 0.3 is 4.87 Å². The number of carbonyl (C=O) groups is 1. The second-order valence-electron chi connectivity index (χ2n) is 4.91. The lowest BCUT2D eigenvalue weighted by Gasteiger charge is -2.31. The van der Waals surface area contributed by atoms with E-state index < -0.39 is 5.60 Å². The summed E-state index contributed by atoms with van der Waals surface area (Å²) in [4.78, 5) is 25.2. The van der Waals surface area contributed by atoms with Crippen LogP contribution in [0.15, 0.2) is 10.2 Å². The highest BCUT2D eigenvalue weighted by atomic mass is 32.1. The molecule has 1 aliphatic carbocycles. The maximum Gasteiger partial charge on any atom is 0.304 e. The minimum Gasteiger partial charge on any atom is -0.389 e. The Morgan fingerprint density at radius 1 is 1.44 bits per heavy atom. The van der Waals surface area contributed by atoms with Crippen molar-refractivity contribution in [2.75, 3.05) is 0 Å². The fraction of sp³-hybridized carbons (Fsp3) is 0.667. The molecule has 100 valence electrons. The number of carbonyl (C=O) groups excluding carboxylic acids is 1. The molecule has 0 bridgehead atoms. The molecule has 1 aliphatic rings. The van der Waals surface area contributed by atoms with E-state index in [1.165, 1.54) is 0 Å². The van der Waals surface area contributed by atoms with E-state index in [2.05, 4.69) is 10.3 Å². The quantitative estimate of drug-likeness (QED) is 0.767. The van der Waals surface area contributed by atoms with Crippen LogP contribution in [0.1, 0.15) is 44.2 Å². The van der Waals surface area contributed by atoms with E-state index in [-0.39, 0.29) is 17.2 Å². The molecule has 2 rings (SSSR count). The Kier molecular flexibility index (Phi) is 4.19. The number of aliphatic hydroxyl groups is 1. The highest BCUT2D eigenvalue weighted by Gasteiger charge is 2.31. The predicted octanol–water partition coefficient (Wildman–Crippen LogP) is 1.14. The Labute approximate surface area is 109 Å². The molecule has 3 N–H and O–H groups in total. The van der Waals surface area contributed by atoms with E-state index in [9.17, 15) is 14.7 Å². The molecular weight excluding hydrogens is 252 g/mol. The molecule has 1 aromatic heterocycles. The summed E-state index contributed by atoms with van der Waals surface area (Å²) in [6, 6.07) is 0. The van der Waals surface area contributed by atoms with Crippen LogP contribution in [0.3, 0.4) is 0 Å². The van der Waals surface area contributed by atoms with Crippen molar-refractivity contribution in [1.82, 2.24) is 10.3 Å². The zero-order valence-electron chi connectivity index (χ0n) is 10.2. The molecule has 0 saturated heterocycles. The molecule has 0 aromatic carbocycles. The van der Waals surface area contributed by atoms with Crippen molar-refractivity contribution in [3.63, 3.8) is 0 Å². The van der Waals surface area contributed by atoms with Gasteiger partial charge in [0.25, 0.3) is 0 Å². The van der Waals surface area contributed by atoms with Gasteiger partial charge in [-0.1, -0.05) is 30.6 Å². The zero-order chi connectivity index (χ0) is 13.0. The summed E-state index contributed by atoms with van der Waals surface area (Å²) < 4.78 is 0. The molecular formula is C12H18N2O3S. The summed E-state index contributed by atoms with van der Waals surface area (Å²) in [5, 5.41) is 14.6. The lowest BCUT2D eigenvalue weighted by atomic mass is 9.82. The van der Waals surface area contributed by atoms with Crippen LogP contribution in [0.2, 0.25) is 0 Å². The molecule has 1 heterocycles. The highest BCUT2D eigenvalue weighted by Crippen LogP contribution is 2.30. The third-order valence-electron chi connectivity index (χ3n) is 3.32. The summed E-state index contributed by atoms with van der Waals surface area (Å²) in [5.41, 5.74) is -0.126. The summed E-state index contributed by atoms with van der Waals surface area (Å²) in [5.74, 6) is -0.161. The second kappa shape index (κ2) is 5.67. The molecule has 1 fully saturated rings. The number of hydrogen-bond donors (Lipinski definition) is 3. The van der Waals surface area contributed by atoms with Crippen LogP contribution < -0.4 is 10.2 Å². The lowest BCUT2D eigenvalue weighted by molar-refractivity contribution is -0.127. The van der Waals surface area contributed by atoms with Gasteiger partial charge in [0.05, 0.1) is 18.6 Å². The van der Waals surface area contributed by atoms with Gasteiger partial charge in [-0.3, -0.25) is 9.59 Å². The maximum absolute atomic E-state index is 11.7. The Bertz CT molecular complexity index is 460. The Morgan fingerprint density at radius 3 is 2.78 bits per heavy atom. The Balaban J connectivity index is 1.79. The third kappa shape index (κ3) is 3.68. The summed E-state index contributed by atoms with van der Waals surface area (Å²) in [6.07, 6.45) is 4.68. The van der Waals surface area contributed by atoms with E-state index in [4.69, 9.17) is 0 Å². The standard InChI is InChI=1S/C12H18N2O3S/c15-10(6-12(17)4-2-1-3-5-12)13-7-9-8-18-11(16)14-9/h8,17H,1-7H2,(H,13,15)(H,14,16). The SMILES string of the molecule is O=C(CC1(O)CCCCC1)NCc1csc(=O)[nH]1. The van der Waals surface area contributed by atoms with Crippen LogP contribution in [-0.4, -0.2) is 21.6 Å². The van der Waals surface area contributed by atoms with Crippen LogP contribution in [0.4, 0.5) is 0 Å². The number of hydrogen-bond acceptors (Lipinski definition) is 4. The van der Waals surface area contributed by atoms with Gasteiger partial charge in [-0.05, 0) is 12.8 Å². The van der Waals surface area contributed by atoms with Crippen LogP contribution in [0.5, 0.6) is 0 Å². The van der Waals surface area contributed by atoms with E-state index in [1.807, 2.05) is 0 Å². The molecule has 1 aromatic rings. The first kappa shape index (κ1) is 13.3. The van der Waals surface area contributed by atoms with Crippen LogP contribution >= 0.6 is 11.3 Å². The predicted molar refractivity (Wildman–Crippen MR) is 69.4 cm³/mol. The van der Waals surface area contributed by atoms with Crippen LogP contribution in [0, 0.1) is 0 Å². The topological polar surface area (TPSA) is 82.2 Å². The van der Waals surface area contributed by atoms with Crippen molar-refractivity contribution in [1.29, 1.82) is 0 Å². The lowest BCUT2D eigenvalue weighted by Crippen LogP contribution is -2.38. The second-order valence-corrected chi connectivity index (χ2v) is 5.75. The van der Waals surface area contributed by atoms with Gasteiger partial charge in [-0.15, -0.1) is 0 Å². The van der Waals surface area contributed by atoms with Crippen LogP contribution in [-0.2, 0) is 11.3 Å². The average Bonchev–Trinajstić information content (AvgIpc) is 2.73. The smallest absolute Gasteiger partial charge is 0.304 e. The number of aromatic amines is 1. The van der Waals surface area contributed by atoms with Gasteiger partial charge in [0, 0.05) is 11.1 Å². The minimum absolute atomic E-state index is 0.120. The van der Waals surface area contributed by atoms with E-state index in [0.717, 1.165) is 30.6 Å². The van der Waals surface area contributed by atoms with E-state index in [1.54, 1.807) is 5.38 Å². The first-order chi connectivity index (χ1) is 8.57. The van der Waals surface area contributed by atoms with Crippen molar-refractivity contribution in [2.24, 2.45) is 0 Å². The number of rotatable bonds is 4. The molecule has 0 atom stereocenters. The van der Waals surface area contributed by atoms with Crippen molar-refractivity contribution < 1.29 is 9.90 Å². The first-order valence-electron chi connectivity index (χ1n) is 6.23. The largest absolute Gasteiger partial charge is 0.389 e. The van der Waals surface area contributed by atoms with Crippen LogP contribution in [0.25, 0.3) is 0 Å². The zero-order valence-corrected chi connectivity index (χ0v) is 11.0. The van der Waals surface area contributed by atoms with Gasteiger partial charge in [0.1, 0.15) is 0 Å². The molecule has 0 unspecified atom stereocenters. The van der Waals surface area contributed by atoms with Crippen molar-refractivity contribution >= 4 is 17.2 Å². The average molecular weight is 270 g/mol. The van der Waals surface area contributed by atoms with Crippen molar-refractivity contribution in [3.05, 3.63) is 20.7 Å². The molecule has 0 radical (unpaired) electrons. The Hall–Kier alpha value is -1.14. The third-order valence-corrected chi connectivity index (χ3v) is 4.04. The van der Waals surface area contributed by atoms with Crippen molar-refractivity contribution in [2.45, 2.75) is 50.7 Å². The fourth-order valence-corrected chi connectivity index (χ4v) is 2.92. The normalized spacial score (nSPS) is 18.5. The number of nitrogens with one attached hydrogen (secondary N) is 2. The molecule has 1 amide bonds. The van der Waals surface area contributed by atoms with E-state index >= 15 is 0 Å². The maximum atomic E-state index is 11.7. The first-order valence-corrected chi connectivity index (χ1v) is 7.11. The number of amides is 1. The number of H-pyrrole nitrogens is 1. The highest BCUT2D eigenvalue weighted by molar-refractivity contribution is 7.07. The fourth-order valence-electron chi connectivity index (χ4n) is 2.34. The van der Waals surface area contributed by atoms with E-state index in [0.29, 0.717) is 25.1 Å². The summed E-state index contributed by atoms with van der Waals surface area (Å²) >= 11 is 1.08. The molecule has 6 heteroatoms. The summed E-state index contributed by atoms with van der Waals surface area (Å²) in [6.45, 7) is 0.313. The van der Waals surface area contributed by atoms with Crippen molar-refractivity contribution in [3.8, 4) is 0 Å². The molecule has 1 saturated carbocycles. The molecule has 5 nitrogen and oxygen atoms in total. The monoisotopic (exact) mass is 270 g/mol. The minimum atomic E-state index is -0.829. The molecule has 0 spiro atoms. The molecule has 18 heavy (non-hydrogen) atoms. The molecule has 0 aliphatic heterocycles. The summed E-state index contributed by atoms with van der Waals surface area (Å²) in [7, 11) is 0. The number of aromatic nitrogens is 1.